The Hall–Kier alpha value is -1.42. The van der Waals surface area contributed by atoms with Crippen LogP contribution in [0.3, 0.4) is 0 Å². The third-order valence-electron chi connectivity index (χ3n) is 3.89. The highest BCUT2D eigenvalue weighted by molar-refractivity contribution is 9.10. The summed E-state index contributed by atoms with van der Waals surface area (Å²) in [6.07, 6.45) is 3.63. The smallest absolute Gasteiger partial charge is 0.341 e. The number of thioether (sulfide) groups is 1. The van der Waals surface area contributed by atoms with Gasteiger partial charge in [-0.25, -0.2) is 4.79 Å². The zero-order valence-corrected chi connectivity index (χ0v) is 16.9. The van der Waals surface area contributed by atoms with Crippen LogP contribution in [0.25, 0.3) is 6.08 Å². The van der Waals surface area contributed by atoms with Gasteiger partial charge in [0.05, 0.1) is 17.6 Å². The number of carboxylic acid groups (broad SMARTS) is 1. The summed E-state index contributed by atoms with van der Waals surface area (Å²) in [7, 11) is 0. The average Bonchev–Trinajstić information content (AvgIpc) is 3.18. The van der Waals surface area contributed by atoms with Gasteiger partial charge in [-0.05, 0) is 37.1 Å². The minimum absolute atomic E-state index is 0.0252. The lowest BCUT2D eigenvalue weighted by Gasteiger charge is -2.18. The van der Waals surface area contributed by atoms with Crippen molar-refractivity contribution in [3.05, 3.63) is 33.1 Å². The van der Waals surface area contributed by atoms with E-state index >= 15 is 0 Å². The summed E-state index contributed by atoms with van der Waals surface area (Å²) in [5.41, 5.74) is 0.609. The fraction of sp³-hybridized carbons (Fsp3) is 0.353. The Morgan fingerprint density at radius 3 is 3.04 bits per heavy atom. The number of thiocarbonyl (C=S) groups is 1. The van der Waals surface area contributed by atoms with Crippen LogP contribution >= 0.6 is 39.9 Å². The van der Waals surface area contributed by atoms with Crippen molar-refractivity contribution in [1.82, 2.24) is 4.90 Å². The van der Waals surface area contributed by atoms with E-state index in [1.807, 2.05) is 0 Å². The maximum atomic E-state index is 12.7. The number of halogens is 1. The second kappa shape index (κ2) is 8.51. The molecule has 2 heterocycles. The third-order valence-corrected chi connectivity index (χ3v) is 5.76. The van der Waals surface area contributed by atoms with Gasteiger partial charge < -0.3 is 14.6 Å². The lowest BCUT2D eigenvalue weighted by atomic mass is 10.1. The first-order valence-electron chi connectivity index (χ1n) is 7.95. The van der Waals surface area contributed by atoms with Crippen molar-refractivity contribution < 1.29 is 24.2 Å². The van der Waals surface area contributed by atoms with E-state index in [2.05, 4.69) is 15.9 Å². The molecule has 3 rings (SSSR count). The van der Waals surface area contributed by atoms with Crippen LogP contribution in [-0.2, 0) is 14.3 Å². The molecular formula is C17H16BrNO5S2. The number of carbonyl (C=O) groups is 2. The molecule has 0 bridgehead atoms. The van der Waals surface area contributed by atoms with Crippen molar-refractivity contribution in [1.29, 1.82) is 0 Å². The van der Waals surface area contributed by atoms with Gasteiger partial charge >= 0.3 is 5.97 Å². The molecular weight excluding hydrogens is 442 g/mol. The molecule has 1 amide bonds. The number of hydrogen-bond acceptors (Lipinski definition) is 6. The Morgan fingerprint density at radius 1 is 1.54 bits per heavy atom. The molecule has 6 nitrogen and oxygen atoms in total. The van der Waals surface area contributed by atoms with Crippen molar-refractivity contribution >= 4 is 62.2 Å². The zero-order chi connectivity index (χ0) is 18.7. The summed E-state index contributed by atoms with van der Waals surface area (Å²) >= 11 is 9.95. The Bertz CT molecular complexity index is 776. The Kier molecular flexibility index (Phi) is 6.33. The first-order chi connectivity index (χ1) is 12.4. The van der Waals surface area contributed by atoms with Gasteiger partial charge in [0.2, 0.25) is 0 Å². The zero-order valence-electron chi connectivity index (χ0n) is 13.6. The average molecular weight is 458 g/mol. The quantitative estimate of drug-likeness (QED) is 0.518. The standard InChI is InChI=1S/C17H16BrNO5S2/c18-11-3-4-13(24-9-15(20)21)10(6-11)7-14-16(22)19(17(25)26-14)8-12-2-1-5-23-12/h3-4,6-7,12H,1-2,5,8-9H2,(H,20,21)/b14-7-/t12-/m0/s1. The van der Waals surface area contributed by atoms with Crippen molar-refractivity contribution in [3.8, 4) is 5.75 Å². The van der Waals surface area contributed by atoms with Crippen molar-refractivity contribution in [3.63, 3.8) is 0 Å². The second-order valence-corrected chi connectivity index (χ2v) is 8.38. The maximum Gasteiger partial charge on any atom is 0.341 e. The minimum atomic E-state index is -1.07. The highest BCUT2D eigenvalue weighted by atomic mass is 79.9. The van der Waals surface area contributed by atoms with E-state index in [0.717, 1.165) is 23.9 Å². The van der Waals surface area contributed by atoms with Crippen LogP contribution < -0.4 is 4.74 Å². The molecule has 2 aliphatic rings. The highest BCUT2D eigenvalue weighted by Gasteiger charge is 2.34. The van der Waals surface area contributed by atoms with Crippen molar-refractivity contribution in [2.24, 2.45) is 0 Å². The number of ether oxygens (including phenoxy) is 2. The number of carbonyl (C=O) groups excluding carboxylic acids is 1. The third kappa shape index (κ3) is 4.64. The van der Waals surface area contributed by atoms with Crippen LogP contribution in [0, 0.1) is 0 Å². The SMILES string of the molecule is O=C(O)COc1ccc(Br)cc1/C=C1\SC(=S)N(C[C@@H]2CCCO2)C1=O. The topological polar surface area (TPSA) is 76.1 Å². The highest BCUT2D eigenvalue weighted by Crippen LogP contribution is 2.35. The van der Waals surface area contributed by atoms with E-state index in [1.54, 1.807) is 29.2 Å². The van der Waals surface area contributed by atoms with E-state index < -0.39 is 12.6 Å². The molecule has 0 saturated carbocycles. The molecule has 2 aliphatic heterocycles. The van der Waals surface area contributed by atoms with Gasteiger partial charge in [0.1, 0.15) is 10.1 Å². The number of nitrogens with zero attached hydrogens (tertiary/aromatic N) is 1. The Labute approximate surface area is 168 Å². The van der Waals surface area contributed by atoms with Crippen LogP contribution in [0.15, 0.2) is 27.6 Å². The van der Waals surface area contributed by atoms with E-state index in [1.165, 1.54) is 11.8 Å². The van der Waals surface area contributed by atoms with Crippen molar-refractivity contribution in [2.45, 2.75) is 18.9 Å². The molecule has 0 aromatic heterocycles. The summed E-state index contributed by atoms with van der Waals surface area (Å²) < 4.78 is 12.2. The number of rotatable bonds is 6. The summed E-state index contributed by atoms with van der Waals surface area (Å²) in [6.45, 7) is 0.725. The van der Waals surface area contributed by atoms with Crippen LogP contribution in [0.4, 0.5) is 0 Å². The van der Waals surface area contributed by atoms with Gasteiger partial charge in [-0.2, -0.15) is 0 Å². The van der Waals surface area contributed by atoms with Crippen LogP contribution in [0.1, 0.15) is 18.4 Å². The van der Waals surface area contributed by atoms with Crippen LogP contribution in [-0.4, -0.2) is 52.1 Å². The monoisotopic (exact) mass is 457 g/mol. The molecule has 2 fully saturated rings. The molecule has 138 valence electrons. The molecule has 0 spiro atoms. The molecule has 26 heavy (non-hydrogen) atoms. The molecule has 9 heteroatoms. The van der Waals surface area contributed by atoms with Crippen molar-refractivity contribution in [2.75, 3.05) is 19.8 Å². The normalized spacial score (nSPS) is 21.7. The Balaban J connectivity index is 1.80. The van der Waals surface area contributed by atoms with Crippen LogP contribution in [0.5, 0.6) is 5.75 Å². The fourth-order valence-corrected chi connectivity index (χ4v) is 4.34. The van der Waals surface area contributed by atoms with Gasteiger partial charge in [-0.15, -0.1) is 0 Å². The van der Waals surface area contributed by atoms with E-state index in [0.29, 0.717) is 27.1 Å². The molecule has 1 atom stereocenters. The number of aliphatic carboxylic acids is 1. The summed E-state index contributed by atoms with van der Waals surface area (Å²) in [6, 6.07) is 5.17. The maximum absolute atomic E-state index is 12.7. The van der Waals surface area contributed by atoms with Gasteiger partial charge in [0, 0.05) is 16.6 Å². The second-order valence-electron chi connectivity index (χ2n) is 5.79. The number of benzene rings is 1. The number of carboxylic acids is 1. The predicted octanol–water partition coefficient (Wildman–Crippen LogP) is 3.29. The predicted molar refractivity (Wildman–Crippen MR) is 106 cm³/mol. The molecule has 0 aliphatic carbocycles. The Morgan fingerprint density at radius 2 is 2.35 bits per heavy atom. The van der Waals surface area contributed by atoms with Gasteiger partial charge in [-0.3, -0.25) is 9.69 Å². The first kappa shape index (κ1) is 19.3. The van der Waals surface area contributed by atoms with Crippen LogP contribution in [0.2, 0.25) is 0 Å². The van der Waals surface area contributed by atoms with Gasteiger partial charge in [-0.1, -0.05) is 39.9 Å². The molecule has 0 radical (unpaired) electrons. The lowest BCUT2D eigenvalue weighted by Crippen LogP contribution is -2.35. The molecule has 0 unspecified atom stereocenters. The summed E-state index contributed by atoms with van der Waals surface area (Å²) in [4.78, 5) is 25.5. The molecule has 2 saturated heterocycles. The summed E-state index contributed by atoms with van der Waals surface area (Å²) in [5.74, 6) is -0.846. The molecule has 1 aromatic carbocycles. The van der Waals surface area contributed by atoms with E-state index in [9.17, 15) is 9.59 Å². The molecule has 1 aromatic rings. The van der Waals surface area contributed by atoms with Gasteiger partial charge in [0.25, 0.3) is 5.91 Å². The van der Waals surface area contributed by atoms with Gasteiger partial charge in [0.15, 0.2) is 6.61 Å². The number of amides is 1. The van der Waals surface area contributed by atoms with E-state index in [4.69, 9.17) is 26.8 Å². The lowest BCUT2D eigenvalue weighted by molar-refractivity contribution is -0.139. The number of hydrogen-bond donors (Lipinski definition) is 1. The first-order valence-corrected chi connectivity index (χ1v) is 9.97. The fourth-order valence-electron chi connectivity index (χ4n) is 2.69. The van der Waals surface area contributed by atoms with E-state index in [-0.39, 0.29) is 12.0 Å². The minimum Gasteiger partial charge on any atom is -0.481 e. The largest absolute Gasteiger partial charge is 0.481 e. The summed E-state index contributed by atoms with van der Waals surface area (Å²) in [5, 5.41) is 8.81. The molecule has 1 N–H and O–H groups in total.